The highest BCUT2D eigenvalue weighted by Crippen LogP contribution is 2.33. The minimum absolute atomic E-state index is 0.0493. The Kier molecular flexibility index (Phi) is 9.50. The lowest BCUT2D eigenvalue weighted by atomic mass is 10.2. The predicted octanol–water partition coefficient (Wildman–Crippen LogP) is 4.80. The first-order valence-electron chi connectivity index (χ1n) is 9.69. The summed E-state index contributed by atoms with van der Waals surface area (Å²) in [6, 6.07) is 7.69. The average Bonchev–Trinajstić information content (AvgIpc) is 2.94. The number of unbranched alkanes of at least 4 members (excludes halogenated alkanes) is 2. The third-order valence-corrected chi connectivity index (χ3v) is 5.47. The Bertz CT molecular complexity index is 716. The normalized spacial score (nSPS) is 15.4. The lowest BCUT2D eigenvalue weighted by Crippen LogP contribution is -2.29. The Morgan fingerprint density at radius 3 is 2.61 bits per heavy atom. The van der Waals surface area contributed by atoms with E-state index in [0.717, 1.165) is 37.0 Å². The zero-order valence-electron chi connectivity index (χ0n) is 16.4. The third-order valence-electron chi connectivity index (χ3n) is 4.09. The Morgan fingerprint density at radius 1 is 1.18 bits per heavy atom. The maximum Gasteiger partial charge on any atom is 0.305 e. The molecule has 0 radical (unpaired) electrons. The van der Waals surface area contributed by atoms with Gasteiger partial charge >= 0.3 is 5.97 Å². The van der Waals surface area contributed by atoms with Crippen LogP contribution < -0.4 is 4.74 Å². The van der Waals surface area contributed by atoms with Crippen LogP contribution in [0.15, 0.2) is 29.2 Å². The first-order chi connectivity index (χ1) is 13.5. The van der Waals surface area contributed by atoms with Crippen molar-refractivity contribution in [2.75, 3.05) is 19.8 Å². The lowest BCUT2D eigenvalue weighted by Gasteiger charge is -2.13. The highest BCUT2D eigenvalue weighted by atomic mass is 32.2. The molecule has 1 aromatic carbocycles. The zero-order chi connectivity index (χ0) is 20.4. The van der Waals surface area contributed by atoms with Crippen LogP contribution in [0.4, 0.5) is 0 Å². The van der Waals surface area contributed by atoms with E-state index >= 15 is 0 Å². The van der Waals surface area contributed by atoms with Gasteiger partial charge in [0, 0.05) is 13.0 Å². The second-order valence-corrected chi connectivity index (χ2v) is 8.04. The molecule has 0 N–H and O–H groups in total. The molecule has 0 saturated carbocycles. The number of hydrogen-bond acceptors (Lipinski definition) is 6. The number of hydrogen-bond donors (Lipinski definition) is 0. The quantitative estimate of drug-likeness (QED) is 0.221. The second kappa shape index (κ2) is 11.9. The van der Waals surface area contributed by atoms with Crippen molar-refractivity contribution in [3.05, 3.63) is 34.7 Å². The van der Waals surface area contributed by atoms with Crippen LogP contribution in [-0.2, 0) is 14.3 Å². The van der Waals surface area contributed by atoms with Crippen LogP contribution in [0.5, 0.6) is 5.75 Å². The van der Waals surface area contributed by atoms with E-state index in [1.165, 1.54) is 11.8 Å². The van der Waals surface area contributed by atoms with Gasteiger partial charge in [0.2, 0.25) is 0 Å². The summed E-state index contributed by atoms with van der Waals surface area (Å²) in [6.45, 7) is 5.55. The smallest absolute Gasteiger partial charge is 0.305 e. The van der Waals surface area contributed by atoms with Crippen LogP contribution in [-0.4, -0.2) is 40.9 Å². The molecular weight excluding hydrogens is 394 g/mol. The van der Waals surface area contributed by atoms with E-state index in [1.54, 1.807) is 11.8 Å². The summed E-state index contributed by atoms with van der Waals surface area (Å²) in [4.78, 5) is 26.3. The second-order valence-electron chi connectivity index (χ2n) is 6.37. The van der Waals surface area contributed by atoms with Crippen LogP contribution in [0.1, 0.15) is 51.5 Å². The molecule has 0 unspecified atom stereocenters. The summed E-state index contributed by atoms with van der Waals surface area (Å²) in [6.07, 6.45) is 5.67. The summed E-state index contributed by atoms with van der Waals surface area (Å²) < 4.78 is 11.1. The lowest BCUT2D eigenvalue weighted by molar-refractivity contribution is -0.143. The van der Waals surface area contributed by atoms with Crippen molar-refractivity contribution < 1.29 is 19.1 Å². The number of carbonyl (C=O) groups excluding carboxylic acids is 2. The standard InChI is InChI=1S/C21H27NO4S2/c1-3-14-26-17-11-9-16(10-12-17)15-18-20(24)22(21(27)28-18)13-7-5-6-8-19(23)25-4-2/h9-12,15H,3-8,13-14H2,1-2H3/b18-15-. The number of thiocarbonyl (C=S) groups is 1. The van der Waals surface area contributed by atoms with E-state index in [4.69, 9.17) is 21.7 Å². The molecule has 1 fully saturated rings. The van der Waals surface area contributed by atoms with Gasteiger partial charge in [-0.15, -0.1) is 0 Å². The summed E-state index contributed by atoms with van der Waals surface area (Å²) in [5.41, 5.74) is 0.943. The molecule has 28 heavy (non-hydrogen) atoms. The Morgan fingerprint density at radius 2 is 1.93 bits per heavy atom. The summed E-state index contributed by atoms with van der Waals surface area (Å²) in [7, 11) is 0. The molecule has 1 aliphatic rings. The number of thioether (sulfide) groups is 1. The van der Waals surface area contributed by atoms with Gasteiger partial charge in [0.15, 0.2) is 0 Å². The zero-order valence-corrected chi connectivity index (χ0v) is 18.1. The van der Waals surface area contributed by atoms with Crippen molar-refractivity contribution in [3.8, 4) is 5.75 Å². The molecule has 1 amide bonds. The third kappa shape index (κ3) is 6.95. The van der Waals surface area contributed by atoms with Gasteiger partial charge < -0.3 is 9.47 Å². The Hall–Kier alpha value is -1.86. The highest BCUT2D eigenvalue weighted by Gasteiger charge is 2.31. The largest absolute Gasteiger partial charge is 0.494 e. The summed E-state index contributed by atoms with van der Waals surface area (Å²) >= 11 is 6.70. The fourth-order valence-electron chi connectivity index (χ4n) is 2.67. The van der Waals surface area contributed by atoms with Crippen molar-refractivity contribution in [1.82, 2.24) is 4.90 Å². The number of rotatable bonds is 11. The first-order valence-corrected chi connectivity index (χ1v) is 10.9. The molecule has 0 aromatic heterocycles. The van der Waals surface area contributed by atoms with Crippen molar-refractivity contribution in [3.63, 3.8) is 0 Å². The molecular formula is C21H27NO4S2. The minimum atomic E-state index is -0.165. The first kappa shape index (κ1) is 22.4. The fraction of sp³-hybridized carbons (Fsp3) is 0.476. The van der Waals surface area contributed by atoms with Gasteiger partial charge in [-0.05, 0) is 50.0 Å². The molecule has 7 heteroatoms. The number of esters is 1. The van der Waals surface area contributed by atoms with E-state index in [0.29, 0.717) is 35.4 Å². The maximum atomic E-state index is 12.6. The SMILES string of the molecule is CCCOc1ccc(/C=C2\SC(=S)N(CCCCCC(=O)OCC)C2=O)cc1. The molecule has 0 spiro atoms. The molecule has 1 aromatic rings. The fourth-order valence-corrected chi connectivity index (χ4v) is 3.98. The van der Waals surface area contributed by atoms with E-state index in [1.807, 2.05) is 30.3 Å². The van der Waals surface area contributed by atoms with E-state index in [2.05, 4.69) is 6.92 Å². The molecule has 0 atom stereocenters. The van der Waals surface area contributed by atoms with Gasteiger partial charge in [-0.25, -0.2) is 0 Å². The number of ether oxygens (including phenoxy) is 2. The summed E-state index contributed by atoms with van der Waals surface area (Å²) in [5, 5.41) is 0. The van der Waals surface area contributed by atoms with E-state index < -0.39 is 0 Å². The molecule has 0 bridgehead atoms. The topological polar surface area (TPSA) is 55.8 Å². The molecule has 1 heterocycles. The van der Waals surface area contributed by atoms with Crippen LogP contribution in [0.3, 0.4) is 0 Å². The molecule has 1 saturated heterocycles. The van der Waals surface area contributed by atoms with Crippen LogP contribution in [0.25, 0.3) is 6.08 Å². The van der Waals surface area contributed by atoms with Crippen molar-refractivity contribution in [1.29, 1.82) is 0 Å². The molecule has 5 nitrogen and oxygen atoms in total. The number of carbonyl (C=O) groups is 2. The van der Waals surface area contributed by atoms with Crippen molar-refractivity contribution in [2.24, 2.45) is 0 Å². The maximum absolute atomic E-state index is 12.6. The van der Waals surface area contributed by atoms with Gasteiger partial charge in [0.1, 0.15) is 10.1 Å². The molecule has 2 rings (SSSR count). The van der Waals surface area contributed by atoms with Crippen molar-refractivity contribution >= 4 is 46.3 Å². The van der Waals surface area contributed by atoms with E-state index in [-0.39, 0.29) is 11.9 Å². The van der Waals surface area contributed by atoms with Gasteiger partial charge in [0.25, 0.3) is 5.91 Å². The van der Waals surface area contributed by atoms with Gasteiger partial charge in [-0.1, -0.05) is 49.5 Å². The van der Waals surface area contributed by atoms with Crippen LogP contribution in [0.2, 0.25) is 0 Å². The van der Waals surface area contributed by atoms with Crippen molar-refractivity contribution in [2.45, 2.75) is 46.0 Å². The monoisotopic (exact) mass is 421 g/mol. The predicted molar refractivity (Wildman–Crippen MR) is 117 cm³/mol. The van der Waals surface area contributed by atoms with Crippen LogP contribution in [0, 0.1) is 0 Å². The minimum Gasteiger partial charge on any atom is -0.494 e. The van der Waals surface area contributed by atoms with E-state index in [9.17, 15) is 9.59 Å². The van der Waals surface area contributed by atoms with Gasteiger partial charge in [-0.2, -0.15) is 0 Å². The van der Waals surface area contributed by atoms with Gasteiger partial charge in [-0.3, -0.25) is 14.5 Å². The number of amides is 1. The van der Waals surface area contributed by atoms with Crippen LogP contribution >= 0.6 is 24.0 Å². The molecule has 1 aliphatic heterocycles. The average molecular weight is 422 g/mol. The number of nitrogens with zero attached hydrogens (tertiary/aromatic N) is 1. The summed E-state index contributed by atoms with van der Waals surface area (Å²) in [5.74, 6) is 0.614. The Balaban J connectivity index is 1.83. The molecule has 152 valence electrons. The number of benzene rings is 1. The molecule has 0 aliphatic carbocycles. The highest BCUT2D eigenvalue weighted by molar-refractivity contribution is 8.26. The van der Waals surface area contributed by atoms with Gasteiger partial charge in [0.05, 0.1) is 18.1 Å². The Labute approximate surface area is 176 Å².